The van der Waals surface area contributed by atoms with Crippen LogP contribution in [0.25, 0.3) is 10.8 Å². The number of benzene rings is 1. The van der Waals surface area contributed by atoms with Gasteiger partial charge in [0.1, 0.15) is 10.8 Å². The molecule has 1 unspecified atom stereocenters. The Labute approximate surface area is 110 Å². The maximum Gasteiger partial charge on any atom is 0.270 e. The van der Waals surface area contributed by atoms with Crippen molar-refractivity contribution in [1.82, 2.24) is 10.3 Å². The molecule has 1 aromatic heterocycles. The minimum Gasteiger partial charge on any atom is -0.345 e. The average Bonchev–Trinajstić information content (AvgIpc) is 2.38. The van der Waals surface area contributed by atoms with Gasteiger partial charge in [-0.3, -0.25) is 4.79 Å². The van der Waals surface area contributed by atoms with Crippen molar-refractivity contribution in [3.8, 4) is 0 Å². The Morgan fingerprint density at radius 2 is 2.22 bits per heavy atom. The third-order valence-corrected chi connectivity index (χ3v) is 2.93. The van der Waals surface area contributed by atoms with Gasteiger partial charge in [0.05, 0.1) is 0 Å². The normalized spacial score (nSPS) is 12.1. The lowest BCUT2D eigenvalue weighted by Crippen LogP contribution is -2.31. The maximum absolute atomic E-state index is 11.9. The van der Waals surface area contributed by atoms with Gasteiger partial charge in [-0.25, -0.2) is 4.98 Å². The van der Waals surface area contributed by atoms with E-state index < -0.39 is 0 Å². The molecule has 0 saturated heterocycles. The number of halogens is 1. The van der Waals surface area contributed by atoms with E-state index in [0.29, 0.717) is 10.8 Å². The van der Waals surface area contributed by atoms with Crippen LogP contribution in [0, 0.1) is 0 Å². The quantitative estimate of drug-likeness (QED) is 0.680. The van der Waals surface area contributed by atoms with E-state index in [2.05, 4.69) is 16.9 Å². The molecule has 1 aromatic carbocycles. The molecule has 92 valence electrons. The number of carbonyl (C=O) groups is 1. The summed E-state index contributed by atoms with van der Waals surface area (Å²) in [6, 6.07) is 9.17. The molecule has 0 aliphatic carbocycles. The predicted octanol–water partition coefficient (Wildman–Crippen LogP) is 3.19. The second-order valence-electron chi connectivity index (χ2n) is 4.02. The first-order chi connectivity index (χ1) is 8.61. The molecule has 2 aromatic rings. The van der Waals surface area contributed by atoms with Crippen molar-refractivity contribution in [3.63, 3.8) is 0 Å². The van der Waals surface area contributed by atoms with E-state index in [1.54, 1.807) is 12.1 Å². The molecule has 0 bridgehead atoms. The smallest absolute Gasteiger partial charge is 0.270 e. The van der Waals surface area contributed by atoms with Gasteiger partial charge in [0.25, 0.3) is 5.91 Å². The number of hydrogen-bond acceptors (Lipinski definition) is 2. The minimum atomic E-state index is -0.255. The van der Waals surface area contributed by atoms with Crippen molar-refractivity contribution >= 4 is 28.3 Å². The fraction of sp³-hybridized carbons (Fsp3) is 0.143. The van der Waals surface area contributed by atoms with Crippen molar-refractivity contribution in [2.45, 2.75) is 13.0 Å². The topological polar surface area (TPSA) is 42.0 Å². The van der Waals surface area contributed by atoms with Gasteiger partial charge in [0.15, 0.2) is 0 Å². The van der Waals surface area contributed by atoms with Crippen molar-refractivity contribution in [1.29, 1.82) is 0 Å². The summed E-state index contributed by atoms with van der Waals surface area (Å²) in [4.78, 5) is 16.0. The molecular weight excluding hydrogens is 248 g/mol. The van der Waals surface area contributed by atoms with Crippen molar-refractivity contribution in [2.24, 2.45) is 0 Å². The van der Waals surface area contributed by atoms with Crippen molar-refractivity contribution in [3.05, 3.63) is 53.8 Å². The standard InChI is InChI=1S/C14H13ClN2O/c1-3-9(2)16-14(18)12-8-10-6-4-5-7-11(10)13(15)17-12/h3-9H,1H2,2H3,(H,16,18). The summed E-state index contributed by atoms with van der Waals surface area (Å²) in [6.07, 6.45) is 1.65. The van der Waals surface area contributed by atoms with E-state index in [-0.39, 0.29) is 11.9 Å². The summed E-state index contributed by atoms with van der Waals surface area (Å²) in [7, 11) is 0. The van der Waals surface area contributed by atoms with Crippen LogP contribution >= 0.6 is 11.6 Å². The number of nitrogens with zero attached hydrogens (tertiary/aromatic N) is 1. The first-order valence-corrected chi connectivity index (χ1v) is 5.98. The Morgan fingerprint density at radius 1 is 1.50 bits per heavy atom. The zero-order valence-corrected chi connectivity index (χ0v) is 10.7. The second-order valence-corrected chi connectivity index (χ2v) is 4.38. The van der Waals surface area contributed by atoms with Gasteiger partial charge in [-0.15, -0.1) is 6.58 Å². The third kappa shape index (κ3) is 2.51. The highest BCUT2D eigenvalue weighted by Gasteiger charge is 2.12. The number of amides is 1. The fourth-order valence-corrected chi connectivity index (χ4v) is 1.88. The average molecular weight is 261 g/mol. The van der Waals surface area contributed by atoms with Crippen LogP contribution in [0.5, 0.6) is 0 Å². The lowest BCUT2D eigenvalue weighted by molar-refractivity contribution is 0.0942. The monoisotopic (exact) mass is 260 g/mol. The van der Waals surface area contributed by atoms with Crippen LogP contribution in [-0.4, -0.2) is 16.9 Å². The van der Waals surface area contributed by atoms with Crippen LogP contribution in [0.1, 0.15) is 17.4 Å². The molecule has 1 N–H and O–H groups in total. The molecule has 0 fully saturated rings. The number of fused-ring (bicyclic) bond motifs is 1. The van der Waals surface area contributed by atoms with E-state index in [4.69, 9.17) is 11.6 Å². The maximum atomic E-state index is 11.9. The Balaban J connectivity index is 2.40. The van der Waals surface area contributed by atoms with Crippen LogP contribution in [0.15, 0.2) is 43.0 Å². The molecule has 1 amide bonds. The molecule has 1 heterocycles. The number of carbonyl (C=O) groups excluding carboxylic acids is 1. The molecule has 3 nitrogen and oxygen atoms in total. The van der Waals surface area contributed by atoms with Gasteiger partial charge in [0.2, 0.25) is 0 Å². The van der Waals surface area contributed by atoms with Crippen LogP contribution in [0.2, 0.25) is 5.15 Å². The summed E-state index contributed by atoms with van der Waals surface area (Å²) in [5.41, 5.74) is 0.312. The lowest BCUT2D eigenvalue weighted by Gasteiger charge is -2.09. The van der Waals surface area contributed by atoms with Crippen molar-refractivity contribution in [2.75, 3.05) is 0 Å². The van der Waals surface area contributed by atoms with Crippen LogP contribution in [-0.2, 0) is 0 Å². The first-order valence-electron chi connectivity index (χ1n) is 5.60. The predicted molar refractivity (Wildman–Crippen MR) is 73.9 cm³/mol. The van der Waals surface area contributed by atoms with Crippen LogP contribution in [0.3, 0.4) is 0 Å². The SMILES string of the molecule is C=CC(C)NC(=O)c1cc2ccccc2c(Cl)n1. The molecule has 18 heavy (non-hydrogen) atoms. The van der Waals surface area contributed by atoms with Gasteiger partial charge < -0.3 is 5.32 Å². The zero-order chi connectivity index (χ0) is 13.1. The molecule has 2 rings (SSSR count). The molecule has 0 aliphatic rings. The highest BCUT2D eigenvalue weighted by atomic mass is 35.5. The number of hydrogen-bond donors (Lipinski definition) is 1. The minimum absolute atomic E-state index is 0.107. The summed E-state index contributed by atoms with van der Waals surface area (Å²) in [5.74, 6) is -0.255. The van der Waals surface area contributed by atoms with Gasteiger partial charge in [-0.1, -0.05) is 41.9 Å². The third-order valence-electron chi connectivity index (χ3n) is 2.64. The molecule has 1 atom stereocenters. The Morgan fingerprint density at radius 3 is 2.94 bits per heavy atom. The largest absolute Gasteiger partial charge is 0.345 e. The van der Waals surface area contributed by atoms with Crippen LogP contribution < -0.4 is 5.32 Å². The Bertz CT molecular complexity index is 610. The van der Waals surface area contributed by atoms with Gasteiger partial charge in [-0.05, 0) is 18.4 Å². The molecule has 0 saturated carbocycles. The fourth-order valence-electron chi connectivity index (χ4n) is 1.61. The summed E-state index contributed by atoms with van der Waals surface area (Å²) in [5, 5.41) is 4.83. The van der Waals surface area contributed by atoms with E-state index in [1.807, 2.05) is 31.2 Å². The number of rotatable bonds is 3. The van der Waals surface area contributed by atoms with E-state index in [0.717, 1.165) is 10.8 Å². The summed E-state index contributed by atoms with van der Waals surface area (Å²) in [6.45, 7) is 5.45. The van der Waals surface area contributed by atoms with Gasteiger partial charge in [0, 0.05) is 11.4 Å². The molecule has 4 heteroatoms. The molecular formula is C14H13ClN2O. The summed E-state index contributed by atoms with van der Waals surface area (Å²) < 4.78 is 0. The Hall–Kier alpha value is -1.87. The molecule has 0 radical (unpaired) electrons. The zero-order valence-electron chi connectivity index (χ0n) is 9.98. The van der Waals surface area contributed by atoms with Crippen LogP contribution in [0.4, 0.5) is 0 Å². The number of nitrogens with one attached hydrogen (secondary N) is 1. The lowest BCUT2D eigenvalue weighted by atomic mass is 10.1. The van der Waals surface area contributed by atoms with E-state index >= 15 is 0 Å². The second kappa shape index (κ2) is 5.19. The summed E-state index contributed by atoms with van der Waals surface area (Å²) >= 11 is 6.07. The number of aromatic nitrogens is 1. The first kappa shape index (κ1) is 12.6. The van der Waals surface area contributed by atoms with E-state index in [1.165, 1.54) is 0 Å². The number of pyridine rings is 1. The van der Waals surface area contributed by atoms with Crippen molar-refractivity contribution < 1.29 is 4.79 Å². The van der Waals surface area contributed by atoms with Gasteiger partial charge >= 0.3 is 0 Å². The van der Waals surface area contributed by atoms with E-state index in [9.17, 15) is 4.79 Å². The Kier molecular flexibility index (Phi) is 3.63. The highest BCUT2D eigenvalue weighted by molar-refractivity contribution is 6.34. The highest BCUT2D eigenvalue weighted by Crippen LogP contribution is 2.22. The molecule has 0 aliphatic heterocycles. The van der Waals surface area contributed by atoms with Gasteiger partial charge in [-0.2, -0.15) is 0 Å². The molecule has 0 spiro atoms.